The highest BCUT2D eigenvalue weighted by atomic mass is 16.2. The first kappa shape index (κ1) is 17.2. The highest BCUT2D eigenvalue weighted by molar-refractivity contribution is 5.89. The Morgan fingerprint density at radius 2 is 1.73 bits per heavy atom. The quantitative estimate of drug-likeness (QED) is 0.815. The Labute approximate surface area is 156 Å². The molecule has 1 saturated heterocycles. The van der Waals surface area contributed by atoms with E-state index in [1.54, 1.807) is 0 Å². The van der Waals surface area contributed by atoms with Crippen LogP contribution in [0.5, 0.6) is 0 Å². The van der Waals surface area contributed by atoms with Crippen LogP contribution in [0.15, 0.2) is 48.8 Å². The molecule has 2 fully saturated rings. The molecular formula is C22H29N3O. The molecule has 1 aromatic carbocycles. The molecule has 1 aromatic heterocycles. The van der Waals surface area contributed by atoms with Gasteiger partial charge in [0.15, 0.2) is 0 Å². The van der Waals surface area contributed by atoms with E-state index in [0.29, 0.717) is 11.9 Å². The Morgan fingerprint density at radius 3 is 2.35 bits per heavy atom. The highest BCUT2D eigenvalue weighted by Gasteiger charge is 2.35. The maximum atomic E-state index is 13.1. The summed E-state index contributed by atoms with van der Waals surface area (Å²) in [6, 6.07) is 13.0. The zero-order chi connectivity index (χ0) is 17.9. The van der Waals surface area contributed by atoms with Gasteiger partial charge in [0.25, 0.3) is 0 Å². The number of piperidine rings is 1. The van der Waals surface area contributed by atoms with Gasteiger partial charge in [-0.3, -0.25) is 9.47 Å². The molecule has 4 nitrogen and oxygen atoms in total. The van der Waals surface area contributed by atoms with Crippen molar-refractivity contribution in [3.05, 3.63) is 54.4 Å². The van der Waals surface area contributed by atoms with Crippen molar-refractivity contribution in [3.8, 4) is 0 Å². The fourth-order valence-corrected chi connectivity index (χ4v) is 4.26. The van der Waals surface area contributed by atoms with Crippen molar-refractivity contribution in [2.24, 2.45) is 5.92 Å². The maximum absolute atomic E-state index is 13.1. The number of benzene rings is 1. The summed E-state index contributed by atoms with van der Waals surface area (Å²) in [5.74, 6) is 0.552. The van der Waals surface area contributed by atoms with Crippen LogP contribution in [0.3, 0.4) is 0 Å². The van der Waals surface area contributed by atoms with Crippen LogP contribution in [-0.4, -0.2) is 29.7 Å². The Kier molecular flexibility index (Phi) is 5.00. The zero-order valence-electron chi connectivity index (χ0n) is 15.7. The number of nitrogens with zero attached hydrogens (tertiary/aromatic N) is 3. The van der Waals surface area contributed by atoms with Crippen LogP contribution in [0.25, 0.3) is 0 Å². The SMILES string of the molecule is CCc1ccccc1N1CCC(N(C(=O)C2CCC2)n2cccc2)CC1. The Balaban J connectivity index is 1.49. The van der Waals surface area contributed by atoms with Gasteiger partial charge in [0.05, 0.1) is 6.04 Å². The molecule has 1 aliphatic heterocycles. The second-order valence-corrected chi connectivity index (χ2v) is 7.57. The lowest BCUT2D eigenvalue weighted by Gasteiger charge is -2.42. The number of aryl methyl sites for hydroxylation is 1. The van der Waals surface area contributed by atoms with Crippen LogP contribution < -0.4 is 9.91 Å². The van der Waals surface area contributed by atoms with Crippen LogP contribution in [0, 0.1) is 5.92 Å². The third-order valence-corrected chi connectivity index (χ3v) is 6.04. The normalized spacial score (nSPS) is 18.6. The van der Waals surface area contributed by atoms with Gasteiger partial charge < -0.3 is 4.90 Å². The van der Waals surface area contributed by atoms with E-state index < -0.39 is 0 Å². The third-order valence-electron chi connectivity index (χ3n) is 6.04. The van der Waals surface area contributed by atoms with Crippen molar-refractivity contribution in [3.63, 3.8) is 0 Å². The predicted molar refractivity (Wildman–Crippen MR) is 106 cm³/mol. The number of hydrogen-bond donors (Lipinski definition) is 0. The molecular weight excluding hydrogens is 322 g/mol. The van der Waals surface area contributed by atoms with Crippen LogP contribution in [-0.2, 0) is 11.2 Å². The number of rotatable bonds is 5. The van der Waals surface area contributed by atoms with Gasteiger partial charge >= 0.3 is 0 Å². The number of carbonyl (C=O) groups is 1. The van der Waals surface area contributed by atoms with E-state index in [1.807, 2.05) is 34.2 Å². The van der Waals surface area contributed by atoms with E-state index in [2.05, 4.69) is 36.1 Å². The molecule has 2 aromatic rings. The van der Waals surface area contributed by atoms with E-state index >= 15 is 0 Å². The summed E-state index contributed by atoms with van der Waals surface area (Å²) in [5.41, 5.74) is 2.78. The van der Waals surface area contributed by atoms with Crippen LogP contribution >= 0.6 is 0 Å². The zero-order valence-corrected chi connectivity index (χ0v) is 15.7. The highest BCUT2D eigenvalue weighted by Crippen LogP contribution is 2.31. The molecule has 4 rings (SSSR count). The lowest BCUT2D eigenvalue weighted by molar-refractivity contribution is -0.127. The second kappa shape index (κ2) is 7.56. The molecule has 2 aliphatic rings. The third kappa shape index (κ3) is 3.25. The topological polar surface area (TPSA) is 28.5 Å². The average molecular weight is 351 g/mol. The lowest BCUT2D eigenvalue weighted by atomic mass is 9.84. The molecule has 2 heterocycles. The first-order valence-electron chi connectivity index (χ1n) is 10.1. The minimum Gasteiger partial charge on any atom is -0.371 e. The fraction of sp³-hybridized carbons (Fsp3) is 0.500. The van der Waals surface area contributed by atoms with E-state index in [9.17, 15) is 4.79 Å². The first-order chi connectivity index (χ1) is 12.8. The molecule has 0 N–H and O–H groups in total. The van der Waals surface area contributed by atoms with Gasteiger partial charge in [-0.15, -0.1) is 0 Å². The van der Waals surface area contributed by atoms with Gasteiger partial charge in [-0.2, -0.15) is 0 Å². The smallest absolute Gasteiger partial charge is 0.244 e. The number of anilines is 1. The summed E-state index contributed by atoms with van der Waals surface area (Å²) in [4.78, 5) is 15.6. The monoisotopic (exact) mass is 351 g/mol. The summed E-state index contributed by atoms with van der Waals surface area (Å²) >= 11 is 0. The van der Waals surface area contributed by atoms with E-state index in [0.717, 1.165) is 45.2 Å². The maximum Gasteiger partial charge on any atom is 0.244 e. The first-order valence-corrected chi connectivity index (χ1v) is 10.1. The summed E-state index contributed by atoms with van der Waals surface area (Å²) < 4.78 is 2.01. The summed E-state index contributed by atoms with van der Waals surface area (Å²) in [6.45, 7) is 4.24. The van der Waals surface area contributed by atoms with Gasteiger partial charge in [0.1, 0.15) is 0 Å². The van der Waals surface area contributed by atoms with Gasteiger partial charge in [-0.1, -0.05) is 31.5 Å². The van der Waals surface area contributed by atoms with Gasteiger partial charge in [-0.25, -0.2) is 5.01 Å². The van der Waals surface area contributed by atoms with Crippen molar-refractivity contribution in [2.45, 2.75) is 51.5 Å². The van der Waals surface area contributed by atoms with Gasteiger partial charge in [-0.05, 0) is 55.9 Å². The minimum atomic E-state index is 0.233. The number of hydrogen-bond acceptors (Lipinski definition) is 2. The molecule has 26 heavy (non-hydrogen) atoms. The molecule has 1 aliphatic carbocycles. The average Bonchev–Trinajstić information content (AvgIpc) is 3.15. The molecule has 1 saturated carbocycles. The molecule has 4 heteroatoms. The van der Waals surface area contributed by atoms with Crippen molar-refractivity contribution in [1.29, 1.82) is 0 Å². The Hall–Kier alpha value is -2.23. The fourth-order valence-electron chi connectivity index (χ4n) is 4.26. The number of carbonyl (C=O) groups excluding carboxylic acids is 1. The number of aromatic nitrogens is 1. The van der Waals surface area contributed by atoms with E-state index in [4.69, 9.17) is 0 Å². The molecule has 0 radical (unpaired) electrons. The Morgan fingerprint density at radius 1 is 1.04 bits per heavy atom. The van der Waals surface area contributed by atoms with E-state index in [1.165, 1.54) is 17.7 Å². The van der Waals surface area contributed by atoms with Gasteiger partial charge in [0, 0.05) is 37.1 Å². The minimum absolute atomic E-state index is 0.233. The van der Waals surface area contributed by atoms with Crippen LogP contribution in [0.1, 0.15) is 44.6 Å². The summed E-state index contributed by atoms with van der Waals surface area (Å²) in [6.07, 6.45) is 10.4. The number of amides is 1. The van der Waals surface area contributed by atoms with Crippen molar-refractivity contribution in [2.75, 3.05) is 23.0 Å². The largest absolute Gasteiger partial charge is 0.371 e. The molecule has 0 atom stereocenters. The predicted octanol–water partition coefficient (Wildman–Crippen LogP) is 3.98. The van der Waals surface area contributed by atoms with Crippen molar-refractivity contribution in [1.82, 2.24) is 4.68 Å². The van der Waals surface area contributed by atoms with Crippen LogP contribution in [0.2, 0.25) is 0 Å². The van der Waals surface area contributed by atoms with Crippen LogP contribution in [0.4, 0.5) is 5.69 Å². The molecule has 0 bridgehead atoms. The summed E-state index contributed by atoms with van der Waals surface area (Å²) in [7, 11) is 0. The number of para-hydroxylation sites is 1. The second-order valence-electron chi connectivity index (χ2n) is 7.57. The Bertz CT molecular complexity index is 728. The van der Waals surface area contributed by atoms with Gasteiger partial charge in [0.2, 0.25) is 5.91 Å². The lowest BCUT2D eigenvalue weighted by Crippen LogP contribution is -2.55. The summed E-state index contributed by atoms with van der Waals surface area (Å²) in [5, 5.41) is 2.05. The molecule has 1 amide bonds. The molecule has 0 spiro atoms. The van der Waals surface area contributed by atoms with Crippen molar-refractivity contribution >= 4 is 11.6 Å². The van der Waals surface area contributed by atoms with Crippen molar-refractivity contribution < 1.29 is 4.79 Å². The molecule has 0 unspecified atom stereocenters. The molecule has 138 valence electrons. The standard InChI is InChI=1S/C22H29N3O/c1-2-18-8-3-4-11-21(18)23-16-12-20(13-17-23)25(24-14-5-6-15-24)22(26)19-9-7-10-19/h3-6,8,11,14-15,19-20H,2,7,9-10,12-13,16-17H2,1H3. The van der Waals surface area contributed by atoms with E-state index in [-0.39, 0.29) is 5.92 Å².